The number of piperazine rings is 1. The molecule has 0 amide bonds. The Hall–Kier alpha value is -2.73. The number of hydrogen-bond acceptors (Lipinski definition) is 8. The smallest absolute Gasteiger partial charge is 0.261 e. The van der Waals surface area contributed by atoms with Gasteiger partial charge in [0.2, 0.25) is 10.0 Å². The second-order valence-corrected chi connectivity index (χ2v) is 11.3. The van der Waals surface area contributed by atoms with Gasteiger partial charge in [-0.1, -0.05) is 0 Å². The first-order valence-corrected chi connectivity index (χ1v) is 13.6. The van der Waals surface area contributed by atoms with Gasteiger partial charge in [0.15, 0.2) is 0 Å². The molecule has 0 bridgehead atoms. The molecule has 1 unspecified atom stereocenters. The van der Waals surface area contributed by atoms with E-state index < -0.39 is 10.0 Å². The Morgan fingerprint density at radius 2 is 2.09 bits per heavy atom. The first kappa shape index (κ1) is 24.0. The van der Waals surface area contributed by atoms with Crippen LogP contribution < -0.4 is 10.3 Å². The average Bonchev–Trinajstić information content (AvgIpc) is 3.48. The van der Waals surface area contributed by atoms with Gasteiger partial charge < -0.3 is 18.5 Å². The number of pyridine rings is 2. The molecule has 0 aliphatic carbocycles. The highest BCUT2D eigenvalue weighted by Crippen LogP contribution is 2.36. The van der Waals surface area contributed by atoms with Crippen molar-refractivity contribution in [2.45, 2.75) is 32.0 Å². The normalized spacial score (nSPS) is 22.1. The van der Waals surface area contributed by atoms with Crippen LogP contribution in [0.15, 0.2) is 39.9 Å². The van der Waals surface area contributed by atoms with Crippen LogP contribution in [0.3, 0.4) is 0 Å². The summed E-state index contributed by atoms with van der Waals surface area (Å²) in [5.74, 6) is 1.27. The molecule has 35 heavy (non-hydrogen) atoms. The summed E-state index contributed by atoms with van der Waals surface area (Å²) in [5, 5.41) is 0.495. The molecule has 5 rings (SSSR count). The fourth-order valence-electron chi connectivity index (χ4n) is 4.75. The summed E-state index contributed by atoms with van der Waals surface area (Å²) in [7, 11) is -1.50. The topological polar surface area (TPSA) is 107 Å². The molecule has 2 saturated heterocycles. The maximum Gasteiger partial charge on any atom is 0.261 e. The van der Waals surface area contributed by atoms with E-state index in [2.05, 4.69) is 9.88 Å². The van der Waals surface area contributed by atoms with Crippen molar-refractivity contribution in [1.29, 1.82) is 0 Å². The number of sulfonamides is 1. The van der Waals surface area contributed by atoms with Gasteiger partial charge in [0.1, 0.15) is 23.2 Å². The minimum atomic E-state index is -3.22. The maximum absolute atomic E-state index is 13.0. The van der Waals surface area contributed by atoms with E-state index in [0.717, 1.165) is 17.5 Å². The minimum absolute atomic E-state index is 0.0165. The molecule has 0 aromatic carbocycles. The first-order valence-electron chi connectivity index (χ1n) is 11.7. The summed E-state index contributed by atoms with van der Waals surface area (Å²) >= 11 is 0. The van der Waals surface area contributed by atoms with Crippen LogP contribution in [0.2, 0.25) is 0 Å². The monoisotopic (exact) mass is 502 g/mol. The Bertz CT molecular complexity index is 1390. The Labute approximate surface area is 204 Å². The molecule has 2 aliphatic rings. The number of rotatable bonds is 6. The Morgan fingerprint density at radius 1 is 1.26 bits per heavy atom. The zero-order valence-electron chi connectivity index (χ0n) is 20.1. The Kier molecular flexibility index (Phi) is 6.43. The standard InChI is InChI=1S/C24H30N4O6S/c1-16-12-28(35(3,30)31)8-7-27(16)13-18-10-20-23(34-18)21(14-26(2)24(20)29)19-4-6-25-11-22(19)33-17-5-9-32-15-17/h4,6,10-11,14,16-17H,5,7-9,12-13,15H2,1-3H3/t16-,17?/m1/s1. The summed E-state index contributed by atoms with van der Waals surface area (Å²) in [6, 6.07) is 3.67. The number of ether oxygens (including phenoxy) is 2. The Balaban J connectivity index is 1.48. The van der Waals surface area contributed by atoms with Crippen LogP contribution in [-0.2, 0) is 28.4 Å². The van der Waals surface area contributed by atoms with E-state index in [-0.39, 0.29) is 17.7 Å². The molecule has 11 heteroatoms. The third-order valence-electron chi connectivity index (χ3n) is 6.71. The van der Waals surface area contributed by atoms with Crippen LogP contribution >= 0.6 is 0 Å². The highest BCUT2D eigenvalue weighted by molar-refractivity contribution is 7.88. The van der Waals surface area contributed by atoms with Crippen LogP contribution in [0.1, 0.15) is 19.1 Å². The van der Waals surface area contributed by atoms with Crippen molar-refractivity contribution in [3.05, 3.63) is 46.8 Å². The van der Waals surface area contributed by atoms with Crippen molar-refractivity contribution in [3.63, 3.8) is 0 Å². The van der Waals surface area contributed by atoms with Crippen molar-refractivity contribution in [1.82, 2.24) is 18.8 Å². The lowest BCUT2D eigenvalue weighted by molar-refractivity contribution is 0.115. The lowest BCUT2D eigenvalue weighted by Gasteiger charge is -2.38. The second-order valence-electron chi connectivity index (χ2n) is 9.33. The number of nitrogens with zero attached hydrogens (tertiary/aromatic N) is 4. The molecule has 2 atom stereocenters. The quantitative estimate of drug-likeness (QED) is 0.503. The molecular formula is C24H30N4O6S. The second kappa shape index (κ2) is 9.38. The van der Waals surface area contributed by atoms with E-state index in [9.17, 15) is 13.2 Å². The average molecular weight is 503 g/mol. The van der Waals surface area contributed by atoms with Crippen molar-refractivity contribution in [2.75, 3.05) is 39.1 Å². The first-order chi connectivity index (χ1) is 16.7. The third kappa shape index (κ3) is 4.86. The van der Waals surface area contributed by atoms with Crippen LogP contribution in [0, 0.1) is 0 Å². The van der Waals surface area contributed by atoms with Crippen molar-refractivity contribution < 1.29 is 22.3 Å². The van der Waals surface area contributed by atoms with Crippen LogP contribution in [-0.4, -0.2) is 78.4 Å². The molecule has 188 valence electrons. The number of aromatic nitrogens is 2. The number of hydrogen-bond donors (Lipinski definition) is 0. The van der Waals surface area contributed by atoms with Crippen LogP contribution in [0.5, 0.6) is 5.75 Å². The van der Waals surface area contributed by atoms with Gasteiger partial charge in [-0.15, -0.1) is 0 Å². The molecule has 3 aromatic heterocycles. The van der Waals surface area contributed by atoms with Gasteiger partial charge in [-0.05, 0) is 19.1 Å². The van der Waals surface area contributed by atoms with Crippen molar-refractivity contribution >= 4 is 21.0 Å². The van der Waals surface area contributed by atoms with Crippen molar-refractivity contribution in [3.8, 4) is 16.9 Å². The van der Waals surface area contributed by atoms with Gasteiger partial charge in [0.05, 0.1) is 37.6 Å². The molecule has 0 N–H and O–H groups in total. The van der Waals surface area contributed by atoms with Gasteiger partial charge >= 0.3 is 0 Å². The summed E-state index contributed by atoms with van der Waals surface area (Å²) in [5.41, 5.74) is 1.90. The van der Waals surface area contributed by atoms with Crippen molar-refractivity contribution in [2.24, 2.45) is 7.05 Å². The van der Waals surface area contributed by atoms with Gasteiger partial charge in [0.25, 0.3) is 5.56 Å². The summed E-state index contributed by atoms with van der Waals surface area (Å²) in [6.45, 7) is 5.12. The third-order valence-corrected chi connectivity index (χ3v) is 7.98. The minimum Gasteiger partial charge on any atom is -0.486 e. The van der Waals surface area contributed by atoms with Gasteiger partial charge in [-0.3, -0.25) is 14.7 Å². The molecule has 0 spiro atoms. The lowest BCUT2D eigenvalue weighted by atomic mass is 10.1. The molecule has 2 aliphatic heterocycles. The van der Waals surface area contributed by atoms with Gasteiger partial charge in [-0.2, -0.15) is 4.31 Å². The molecule has 5 heterocycles. The van der Waals surface area contributed by atoms with Gasteiger partial charge in [-0.25, -0.2) is 8.42 Å². The van der Waals surface area contributed by atoms with E-state index >= 15 is 0 Å². The summed E-state index contributed by atoms with van der Waals surface area (Å²) in [6.07, 6.45) is 7.14. The highest BCUT2D eigenvalue weighted by atomic mass is 32.2. The van der Waals surface area contributed by atoms with E-state index in [0.29, 0.717) is 61.9 Å². The SMILES string of the molecule is C[C@@H]1CN(S(C)(=O)=O)CCN1Cc1cc2c(=O)n(C)cc(-c3ccncc3OC3CCOC3)c2o1. The van der Waals surface area contributed by atoms with E-state index in [1.54, 1.807) is 36.3 Å². The molecule has 0 saturated carbocycles. The maximum atomic E-state index is 13.0. The van der Waals surface area contributed by atoms with E-state index in [1.807, 2.05) is 13.0 Å². The molecule has 3 aromatic rings. The van der Waals surface area contributed by atoms with Crippen LogP contribution in [0.4, 0.5) is 0 Å². The highest BCUT2D eigenvalue weighted by Gasteiger charge is 2.30. The molecule has 0 radical (unpaired) electrons. The van der Waals surface area contributed by atoms with Crippen LogP contribution in [0.25, 0.3) is 22.1 Å². The fraction of sp³-hybridized carbons (Fsp3) is 0.500. The lowest BCUT2D eigenvalue weighted by Crippen LogP contribution is -2.52. The fourth-order valence-corrected chi connectivity index (χ4v) is 5.65. The molecule has 10 nitrogen and oxygen atoms in total. The van der Waals surface area contributed by atoms with E-state index in [4.69, 9.17) is 13.9 Å². The Morgan fingerprint density at radius 3 is 2.80 bits per heavy atom. The number of aryl methyl sites for hydroxylation is 1. The predicted molar refractivity (Wildman–Crippen MR) is 131 cm³/mol. The number of furan rings is 1. The molecule has 2 fully saturated rings. The van der Waals surface area contributed by atoms with E-state index in [1.165, 1.54) is 10.6 Å². The molecular weight excluding hydrogens is 472 g/mol. The summed E-state index contributed by atoms with van der Waals surface area (Å²) < 4.78 is 44.8. The summed E-state index contributed by atoms with van der Waals surface area (Å²) in [4.78, 5) is 19.4. The van der Waals surface area contributed by atoms with Gasteiger partial charge in [0, 0.05) is 62.7 Å². The zero-order chi connectivity index (χ0) is 24.7. The number of fused-ring (bicyclic) bond motifs is 1. The zero-order valence-corrected chi connectivity index (χ0v) is 21.0. The largest absolute Gasteiger partial charge is 0.486 e. The predicted octanol–water partition coefficient (Wildman–Crippen LogP) is 1.83.